The van der Waals surface area contributed by atoms with E-state index in [9.17, 15) is 48.0 Å². The minimum absolute atomic E-state index is 0.103. The van der Waals surface area contributed by atoms with Gasteiger partial charge in [-0.1, -0.05) is 12.8 Å². The molecule has 1 amide bonds. The first-order chi connectivity index (χ1) is 11.0. The fourth-order valence-electron chi connectivity index (χ4n) is 2.49. The van der Waals surface area contributed by atoms with Crippen LogP contribution < -0.4 is 4.72 Å². The topological polar surface area (TPSA) is 101 Å². The van der Waals surface area contributed by atoms with Crippen LogP contribution in [-0.4, -0.2) is 50.1 Å². The van der Waals surface area contributed by atoms with Crippen LogP contribution in [0.15, 0.2) is 0 Å². The predicted molar refractivity (Wildman–Crippen MR) is 71.6 cm³/mol. The predicted octanol–water partition coefficient (Wildman–Crippen LogP) is 1.43. The van der Waals surface area contributed by atoms with Crippen molar-refractivity contribution in [1.82, 2.24) is 9.03 Å². The molecule has 1 fully saturated rings. The van der Waals surface area contributed by atoms with Crippen LogP contribution in [0.1, 0.15) is 32.6 Å². The average Bonchev–Trinajstić information content (AvgIpc) is 2.37. The Balaban J connectivity index is 3.31. The highest BCUT2D eigenvalue weighted by Gasteiger charge is 2.55. The van der Waals surface area contributed by atoms with Crippen molar-refractivity contribution in [3.05, 3.63) is 0 Å². The number of nitrogens with zero attached hydrogens (tertiary/aromatic N) is 1. The Hall–Kier alpha value is -1.09. The van der Waals surface area contributed by atoms with Gasteiger partial charge in [0.15, 0.2) is 0 Å². The summed E-state index contributed by atoms with van der Waals surface area (Å²) in [5, 5.41) is 0. The molecule has 7 nitrogen and oxygen atoms in total. The van der Waals surface area contributed by atoms with Crippen LogP contribution in [0.2, 0.25) is 0 Å². The summed E-state index contributed by atoms with van der Waals surface area (Å²) >= 11 is 0. The number of rotatable bonds is 4. The maximum Gasteiger partial charge on any atom is 0.516 e. The first-order valence-corrected chi connectivity index (χ1v) is 9.64. The second-order valence-electron chi connectivity index (χ2n) is 5.29. The standard InChI is InChI=1S/C10H14F6N2O5S2/c1-6(19)18(25(22,23)10(14,15)16)8-5-3-2-4-7(8)17-24(20,21)9(11,12)13/h7-8,17H,2-5H2,1H3/t7-,8-/m1/s1. The Kier molecular flexibility index (Phi) is 6.06. The number of alkyl halides is 6. The van der Waals surface area contributed by atoms with E-state index < -0.39 is 59.8 Å². The minimum atomic E-state index is -6.19. The van der Waals surface area contributed by atoms with Crippen molar-refractivity contribution >= 4 is 26.0 Å². The van der Waals surface area contributed by atoms with Gasteiger partial charge in [0, 0.05) is 13.0 Å². The van der Waals surface area contributed by atoms with Gasteiger partial charge in [-0.3, -0.25) is 4.79 Å². The first-order valence-electron chi connectivity index (χ1n) is 6.72. The molecule has 0 spiro atoms. The van der Waals surface area contributed by atoms with Gasteiger partial charge < -0.3 is 0 Å². The molecule has 1 N–H and O–H groups in total. The van der Waals surface area contributed by atoms with Crippen molar-refractivity contribution < 1.29 is 48.0 Å². The fraction of sp³-hybridized carbons (Fsp3) is 0.900. The Labute approximate surface area is 139 Å². The Bertz CT molecular complexity index is 715. The molecule has 0 aromatic rings. The summed E-state index contributed by atoms with van der Waals surface area (Å²) in [5.41, 5.74) is -11.6. The SMILES string of the molecule is CC(=O)N([C@@H]1CCCC[C@H]1NS(=O)(=O)C(F)(F)F)S(=O)(=O)C(F)(F)F. The van der Waals surface area contributed by atoms with Gasteiger partial charge in [0.25, 0.3) is 0 Å². The van der Waals surface area contributed by atoms with Gasteiger partial charge >= 0.3 is 31.1 Å². The zero-order valence-corrected chi connectivity index (χ0v) is 14.2. The molecule has 0 saturated heterocycles. The van der Waals surface area contributed by atoms with Crippen molar-refractivity contribution in [2.75, 3.05) is 0 Å². The number of hydrogen-bond acceptors (Lipinski definition) is 5. The summed E-state index contributed by atoms with van der Waals surface area (Å²) in [6.07, 6.45) is -0.539. The number of carbonyl (C=O) groups excluding carboxylic acids is 1. The normalized spacial score (nSPS) is 23.3. The van der Waals surface area contributed by atoms with Crippen molar-refractivity contribution in [3.8, 4) is 0 Å². The molecule has 0 heterocycles. The highest BCUT2D eigenvalue weighted by molar-refractivity contribution is 7.90. The third-order valence-electron chi connectivity index (χ3n) is 3.50. The van der Waals surface area contributed by atoms with E-state index in [2.05, 4.69) is 0 Å². The molecule has 0 aromatic carbocycles. The van der Waals surface area contributed by atoms with E-state index in [0.29, 0.717) is 6.92 Å². The van der Waals surface area contributed by atoms with Crippen LogP contribution in [0.25, 0.3) is 0 Å². The number of nitrogens with one attached hydrogen (secondary N) is 1. The third kappa shape index (κ3) is 4.55. The summed E-state index contributed by atoms with van der Waals surface area (Å²) in [6, 6.07) is -3.75. The summed E-state index contributed by atoms with van der Waals surface area (Å²) in [4.78, 5) is 11.5. The van der Waals surface area contributed by atoms with Gasteiger partial charge in [-0.05, 0) is 12.8 Å². The van der Waals surface area contributed by atoms with Crippen LogP contribution >= 0.6 is 0 Å². The van der Waals surface area contributed by atoms with Gasteiger partial charge in [-0.25, -0.2) is 17.4 Å². The molecular weight excluding hydrogens is 406 g/mol. The molecular formula is C10H14F6N2O5S2. The summed E-state index contributed by atoms with van der Waals surface area (Å²) in [7, 11) is -12.1. The number of carbonyl (C=O) groups is 1. The van der Waals surface area contributed by atoms with Crippen molar-refractivity contribution in [1.29, 1.82) is 0 Å². The summed E-state index contributed by atoms with van der Waals surface area (Å²) in [6.45, 7) is 0.493. The molecule has 148 valence electrons. The van der Waals surface area contributed by atoms with E-state index in [4.69, 9.17) is 0 Å². The molecule has 0 unspecified atom stereocenters. The third-order valence-corrected chi connectivity index (χ3v) is 6.36. The monoisotopic (exact) mass is 420 g/mol. The maximum absolute atomic E-state index is 12.8. The van der Waals surface area contributed by atoms with E-state index in [1.165, 1.54) is 4.72 Å². The van der Waals surface area contributed by atoms with Gasteiger partial charge in [0.2, 0.25) is 5.91 Å². The molecule has 0 bridgehead atoms. The van der Waals surface area contributed by atoms with Crippen LogP contribution in [0.4, 0.5) is 26.3 Å². The molecule has 25 heavy (non-hydrogen) atoms. The van der Waals surface area contributed by atoms with Crippen molar-refractivity contribution in [2.45, 2.75) is 55.7 Å². The average molecular weight is 420 g/mol. The molecule has 2 atom stereocenters. The van der Waals surface area contributed by atoms with E-state index in [-0.39, 0.29) is 19.3 Å². The van der Waals surface area contributed by atoms with E-state index in [1.807, 2.05) is 0 Å². The lowest BCUT2D eigenvalue weighted by atomic mass is 9.91. The Morgan fingerprint density at radius 3 is 1.84 bits per heavy atom. The molecule has 0 aliphatic heterocycles. The molecule has 0 radical (unpaired) electrons. The van der Waals surface area contributed by atoms with Crippen molar-refractivity contribution in [2.24, 2.45) is 0 Å². The van der Waals surface area contributed by atoms with Crippen molar-refractivity contribution in [3.63, 3.8) is 0 Å². The maximum atomic E-state index is 12.8. The molecule has 1 aliphatic rings. The second kappa shape index (κ2) is 6.90. The first kappa shape index (κ1) is 22.0. The van der Waals surface area contributed by atoms with Gasteiger partial charge in [-0.2, -0.15) is 34.8 Å². The summed E-state index contributed by atoms with van der Waals surface area (Å²) in [5.74, 6) is -1.58. The second-order valence-corrected chi connectivity index (χ2v) is 8.80. The number of sulfonamides is 2. The highest BCUT2D eigenvalue weighted by Crippen LogP contribution is 2.34. The Morgan fingerprint density at radius 2 is 1.44 bits per heavy atom. The molecule has 15 heteroatoms. The van der Waals surface area contributed by atoms with Gasteiger partial charge in [0.05, 0.1) is 6.04 Å². The molecule has 1 rings (SSSR count). The smallest absolute Gasteiger partial charge is 0.274 e. The molecule has 0 aromatic heterocycles. The quantitative estimate of drug-likeness (QED) is 0.694. The van der Waals surface area contributed by atoms with Crippen LogP contribution in [0, 0.1) is 0 Å². The van der Waals surface area contributed by atoms with Crippen LogP contribution in [-0.2, 0) is 24.8 Å². The number of halogens is 6. The highest BCUT2D eigenvalue weighted by atomic mass is 32.2. The van der Waals surface area contributed by atoms with E-state index in [1.54, 1.807) is 0 Å². The molecule has 1 saturated carbocycles. The van der Waals surface area contributed by atoms with Crippen LogP contribution in [0.5, 0.6) is 0 Å². The van der Waals surface area contributed by atoms with E-state index >= 15 is 0 Å². The minimum Gasteiger partial charge on any atom is -0.274 e. The van der Waals surface area contributed by atoms with Gasteiger partial charge in [-0.15, -0.1) is 0 Å². The largest absolute Gasteiger partial charge is 0.516 e. The van der Waals surface area contributed by atoms with Gasteiger partial charge in [0.1, 0.15) is 0 Å². The molecule has 1 aliphatic carbocycles. The summed E-state index contributed by atoms with van der Waals surface area (Å²) < 4.78 is 122. The lowest BCUT2D eigenvalue weighted by Crippen LogP contribution is -2.59. The zero-order valence-electron chi connectivity index (χ0n) is 12.6. The number of hydrogen-bond donors (Lipinski definition) is 1. The lowest BCUT2D eigenvalue weighted by Gasteiger charge is -2.38. The lowest BCUT2D eigenvalue weighted by molar-refractivity contribution is -0.128. The van der Waals surface area contributed by atoms with Crippen LogP contribution in [0.3, 0.4) is 0 Å². The zero-order chi connectivity index (χ0) is 19.8. The van der Waals surface area contributed by atoms with E-state index in [0.717, 1.165) is 0 Å². The Morgan fingerprint density at radius 1 is 0.960 bits per heavy atom. The fourth-order valence-corrected chi connectivity index (χ4v) is 4.47. The number of amides is 1.